The summed E-state index contributed by atoms with van der Waals surface area (Å²) in [4.78, 5) is 12.8. The average Bonchev–Trinajstić information content (AvgIpc) is 2.88. The number of rotatable bonds is 8. The van der Waals surface area contributed by atoms with Gasteiger partial charge in [-0.1, -0.05) is 97.1 Å². The zero-order valence-corrected chi connectivity index (χ0v) is 19.2. The molecule has 0 spiro atoms. The first-order valence-electron chi connectivity index (χ1n) is 10.9. The van der Waals surface area contributed by atoms with Crippen LogP contribution in [0.15, 0.2) is 121 Å². The van der Waals surface area contributed by atoms with E-state index >= 15 is 0 Å². The molecule has 160 valence electrons. The Morgan fingerprint density at radius 1 is 0.656 bits per heavy atom. The molecule has 0 fully saturated rings. The first-order chi connectivity index (χ1) is 15.7. The monoisotopic (exact) mass is 439 g/mol. The van der Waals surface area contributed by atoms with Crippen LogP contribution in [-0.4, -0.2) is 25.4 Å². The average molecular weight is 440 g/mol. The van der Waals surface area contributed by atoms with Gasteiger partial charge in [0.05, 0.1) is 31.1 Å². The summed E-state index contributed by atoms with van der Waals surface area (Å²) in [7, 11) is -0.650. The molecule has 4 aromatic carbocycles. The van der Waals surface area contributed by atoms with E-state index in [1.807, 2.05) is 12.1 Å². The molecule has 32 heavy (non-hydrogen) atoms. The summed E-state index contributed by atoms with van der Waals surface area (Å²) >= 11 is 0. The van der Waals surface area contributed by atoms with Gasteiger partial charge in [-0.05, 0) is 35.4 Å². The van der Waals surface area contributed by atoms with Crippen molar-refractivity contribution in [3.63, 3.8) is 0 Å². The zero-order chi connectivity index (χ0) is 22.2. The Morgan fingerprint density at radius 3 is 1.41 bits per heavy atom. The molecule has 0 atom stereocenters. The standard InChI is InChI=1S/C29H28O2P/c1-31-29(30)23-32(26-18-10-4-11-19-26,27-20-12-5-13-21-27)22-28(24-14-6-2-7-15-24)25-16-8-3-9-17-25/h2-21,28H,22-23H2,1H3/q+1. The van der Waals surface area contributed by atoms with Gasteiger partial charge in [0, 0.05) is 5.92 Å². The number of carbonyl (C=O) groups is 1. The van der Waals surface area contributed by atoms with Crippen LogP contribution in [0.25, 0.3) is 0 Å². The minimum absolute atomic E-state index is 0.161. The Balaban J connectivity index is 1.92. The van der Waals surface area contributed by atoms with Crippen LogP contribution in [-0.2, 0) is 9.53 Å². The second-order valence-corrected chi connectivity index (χ2v) is 11.6. The fourth-order valence-electron chi connectivity index (χ4n) is 4.40. The van der Waals surface area contributed by atoms with Gasteiger partial charge in [0.15, 0.2) is 6.16 Å². The second kappa shape index (κ2) is 10.4. The molecule has 0 aliphatic rings. The molecule has 0 heterocycles. The van der Waals surface area contributed by atoms with E-state index < -0.39 is 7.26 Å². The van der Waals surface area contributed by atoms with Gasteiger partial charge in [0.25, 0.3) is 0 Å². The van der Waals surface area contributed by atoms with Crippen LogP contribution < -0.4 is 10.6 Å². The van der Waals surface area contributed by atoms with Crippen LogP contribution in [0.2, 0.25) is 0 Å². The fourth-order valence-corrected chi connectivity index (χ4v) is 8.72. The highest BCUT2D eigenvalue weighted by atomic mass is 31.2. The lowest BCUT2D eigenvalue weighted by molar-refractivity contribution is -0.137. The van der Waals surface area contributed by atoms with Crippen molar-refractivity contribution < 1.29 is 9.53 Å². The summed E-state index contributed by atoms with van der Waals surface area (Å²) in [6.07, 6.45) is 1.23. The number of hydrogen-bond donors (Lipinski definition) is 0. The van der Waals surface area contributed by atoms with Gasteiger partial charge in [-0.3, -0.25) is 0 Å². The predicted molar refractivity (Wildman–Crippen MR) is 136 cm³/mol. The Labute approximate surface area is 191 Å². The Kier molecular flexibility index (Phi) is 7.14. The van der Waals surface area contributed by atoms with Crippen molar-refractivity contribution in [1.29, 1.82) is 0 Å². The van der Waals surface area contributed by atoms with Crippen LogP contribution in [0.1, 0.15) is 17.0 Å². The summed E-state index contributed by atoms with van der Waals surface area (Å²) in [6, 6.07) is 42.3. The van der Waals surface area contributed by atoms with E-state index in [0.717, 1.165) is 6.16 Å². The van der Waals surface area contributed by atoms with Gasteiger partial charge < -0.3 is 4.74 Å². The lowest BCUT2D eigenvalue weighted by Crippen LogP contribution is -2.33. The molecule has 0 bridgehead atoms. The lowest BCUT2D eigenvalue weighted by Gasteiger charge is -2.31. The molecule has 4 aromatic rings. The predicted octanol–water partition coefficient (Wildman–Crippen LogP) is 5.66. The molecule has 0 aromatic heterocycles. The molecule has 0 saturated carbocycles. The first kappa shape index (κ1) is 22.0. The molecule has 0 aliphatic carbocycles. The smallest absolute Gasteiger partial charge is 0.344 e. The highest BCUT2D eigenvalue weighted by Gasteiger charge is 2.47. The number of carbonyl (C=O) groups excluding carboxylic acids is 1. The quantitative estimate of drug-likeness (QED) is 0.262. The summed E-state index contributed by atoms with van der Waals surface area (Å²) in [5, 5.41) is 2.46. The Bertz CT molecular complexity index is 1030. The van der Waals surface area contributed by atoms with E-state index in [0.29, 0.717) is 6.16 Å². The molecular weight excluding hydrogens is 411 g/mol. The highest BCUT2D eigenvalue weighted by Crippen LogP contribution is 2.59. The van der Waals surface area contributed by atoms with E-state index in [2.05, 4.69) is 109 Å². The van der Waals surface area contributed by atoms with E-state index in [1.54, 1.807) is 0 Å². The van der Waals surface area contributed by atoms with Crippen molar-refractivity contribution in [3.8, 4) is 0 Å². The van der Waals surface area contributed by atoms with Crippen LogP contribution in [0, 0.1) is 0 Å². The van der Waals surface area contributed by atoms with Crippen molar-refractivity contribution in [1.82, 2.24) is 0 Å². The van der Waals surface area contributed by atoms with Crippen molar-refractivity contribution in [2.45, 2.75) is 5.92 Å². The van der Waals surface area contributed by atoms with Crippen molar-refractivity contribution in [2.75, 3.05) is 19.4 Å². The second-order valence-electron chi connectivity index (χ2n) is 7.93. The first-order valence-corrected chi connectivity index (χ1v) is 13.0. The minimum atomic E-state index is -2.14. The third-order valence-electron chi connectivity index (χ3n) is 6.03. The van der Waals surface area contributed by atoms with Crippen LogP contribution in [0.5, 0.6) is 0 Å². The maximum absolute atomic E-state index is 12.8. The lowest BCUT2D eigenvalue weighted by atomic mass is 9.93. The maximum atomic E-state index is 12.8. The third-order valence-corrected chi connectivity index (χ3v) is 10.4. The van der Waals surface area contributed by atoms with Gasteiger partial charge in [-0.15, -0.1) is 0 Å². The summed E-state index contributed by atoms with van der Waals surface area (Å²) in [6.45, 7) is 0. The largest absolute Gasteiger partial charge is 0.466 e. The fraction of sp³-hybridized carbons (Fsp3) is 0.138. The van der Waals surface area contributed by atoms with Gasteiger partial charge in [0.2, 0.25) is 0 Å². The Hall–Kier alpha value is -3.22. The molecular formula is C29H28O2P+. The number of ether oxygens (including phenoxy) is 1. The molecule has 0 aliphatic heterocycles. The van der Waals surface area contributed by atoms with Crippen molar-refractivity contribution in [2.24, 2.45) is 0 Å². The normalized spacial score (nSPS) is 11.3. The van der Waals surface area contributed by atoms with Gasteiger partial charge in [0.1, 0.15) is 0 Å². The molecule has 2 nitrogen and oxygen atoms in total. The molecule has 4 rings (SSSR count). The number of methoxy groups -OCH3 is 1. The molecule has 3 heteroatoms. The van der Waals surface area contributed by atoms with Crippen molar-refractivity contribution >= 4 is 23.8 Å². The molecule has 0 saturated heterocycles. The number of hydrogen-bond acceptors (Lipinski definition) is 2. The number of benzene rings is 4. The Morgan fingerprint density at radius 2 is 1.03 bits per heavy atom. The maximum Gasteiger partial charge on any atom is 0.344 e. The van der Waals surface area contributed by atoms with Crippen LogP contribution in [0.4, 0.5) is 0 Å². The van der Waals surface area contributed by atoms with Gasteiger partial charge >= 0.3 is 5.97 Å². The molecule has 0 unspecified atom stereocenters. The highest BCUT2D eigenvalue weighted by molar-refractivity contribution is 7.90. The summed E-state index contributed by atoms with van der Waals surface area (Å²) in [5.74, 6) is 0.00159. The van der Waals surface area contributed by atoms with E-state index in [-0.39, 0.29) is 11.9 Å². The van der Waals surface area contributed by atoms with Crippen molar-refractivity contribution in [3.05, 3.63) is 132 Å². The van der Waals surface area contributed by atoms with E-state index in [9.17, 15) is 4.79 Å². The van der Waals surface area contributed by atoms with Gasteiger partial charge in [-0.2, -0.15) is 0 Å². The van der Waals surface area contributed by atoms with E-state index in [1.165, 1.54) is 28.8 Å². The minimum Gasteiger partial charge on any atom is -0.466 e. The topological polar surface area (TPSA) is 26.3 Å². The molecule has 0 amide bonds. The summed E-state index contributed by atoms with van der Waals surface area (Å²) < 4.78 is 5.23. The van der Waals surface area contributed by atoms with E-state index in [4.69, 9.17) is 4.74 Å². The summed E-state index contributed by atoms with van der Waals surface area (Å²) in [5.41, 5.74) is 2.53. The molecule has 0 N–H and O–H groups in total. The van der Waals surface area contributed by atoms with Gasteiger partial charge in [-0.25, -0.2) is 4.79 Å². The third kappa shape index (κ3) is 4.82. The number of esters is 1. The zero-order valence-electron chi connectivity index (χ0n) is 18.3. The molecule has 0 radical (unpaired) electrons. The SMILES string of the molecule is COC(=O)C[P+](CC(c1ccccc1)c1ccccc1)(c1ccccc1)c1ccccc1. The van der Waals surface area contributed by atoms with Crippen LogP contribution in [0.3, 0.4) is 0 Å². The van der Waals surface area contributed by atoms with Crippen LogP contribution >= 0.6 is 7.26 Å².